The Balaban J connectivity index is 1.79. The maximum Gasteiger partial charge on any atom is 0.127 e. The third-order valence-electron chi connectivity index (χ3n) is 6.09. The fraction of sp³-hybridized carbons (Fsp3) is 0.812. The third-order valence-corrected chi connectivity index (χ3v) is 6.09. The van der Waals surface area contributed by atoms with E-state index in [-0.39, 0.29) is 0 Å². The van der Waals surface area contributed by atoms with Gasteiger partial charge >= 0.3 is 0 Å². The minimum atomic E-state index is 0.337. The molecule has 0 amide bonds. The van der Waals surface area contributed by atoms with Crippen LogP contribution in [0.4, 0.5) is 5.82 Å². The van der Waals surface area contributed by atoms with Crippen molar-refractivity contribution in [2.75, 3.05) is 5.73 Å². The van der Waals surface area contributed by atoms with Crippen molar-refractivity contribution in [3.63, 3.8) is 0 Å². The highest BCUT2D eigenvalue weighted by atomic mass is 15.1. The zero-order chi connectivity index (χ0) is 13.2. The lowest BCUT2D eigenvalue weighted by molar-refractivity contribution is -0.00670. The van der Waals surface area contributed by atoms with Gasteiger partial charge in [0.2, 0.25) is 0 Å². The van der Waals surface area contributed by atoms with Crippen molar-refractivity contribution in [2.45, 2.75) is 57.3 Å². The van der Waals surface area contributed by atoms with E-state index in [1.54, 1.807) is 0 Å². The number of aryl methyl sites for hydroxylation is 1. The van der Waals surface area contributed by atoms with Crippen molar-refractivity contribution in [1.82, 2.24) is 9.55 Å². The Bertz CT molecular complexity index is 479. The molecule has 3 heteroatoms. The van der Waals surface area contributed by atoms with Gasteiger partial charge in [0.05, 0.1) is 5.69 Å². The second kappa shape index (κ2) is 3.77. The van der Waals surface area contributed by atoms with Crippen molar-refractivity contribution in [3.05, 3.63) is 11.5 Å². The number of rotatable bonds is 2. The average molecular weight is 259 g/mol. The minimum absolute atomic E-state index is 0.337. The fourth-order valence-corrected chi connectivity index (χ4v) is 5.67. The Kier molecular flexibility index (Phi) is 2.34. The molecule has 4 aliphatic rings. The molecule has 5 rings (SSSR count). The monoisotopic (exact) mass is 259 g/mol. The van der Waals surface area contributed by atoms with Gasteiger partial charge in [0.1, 0.15) is 11.6 Å². The van der Waals surface area contributed by atoms with E-state index in [4.69, 9.17) is 10.7 Å². The van der Waals surface area contributed by atoms with E-state index < -0.39 is 0 Å². The van der Waals surface area contributed by atoms with Crippen LogP contribution in [0.1, 0.15) is 57.0 Å². The molecule has 4 bridgehead atoms. The van der Waals surface area contributed by atoms with Gasteiger partial charge in [-0.2, -0.15) is 0 Å². The van der Waals surface area contributed by atoms with Gasteiger partial charge in [0, 0.05) is 18.9 Å². The van der Waals surface area contributed by atoms with Crippen LogP contribution in [0.2, 0.25) is 0 Å². The summed E-state index contributed by atoms with van der Waals surface area (Å²) in [6.45, 7) is 2.17. The molecule has 0 atom stereocenters. The summed E-state index contributed by atoms with van der Waals surface area (Å²) in [5, 5.41) is 0. The van der Waals surface area contributed by atoms with Gasteiger partial charge < -0.3 is 10.3 Å². The molecule has 0 aromatic carbocycles. The Hall–Kier alpha value is -0.990. The van der Waals surface area contributed by atoms with Gasteiger partial charge in [-0.05, 0) is 56.3 Å². The predicted molar refractivity (Wildman–Crippen MR) is 76.8 cm³/mol. The lowest BCUT2D eigenvalue weighted by Gasteiger charge is -2.56. The van der Waals surface area contributed by atoms with Crippen molar-refractivity contribution in [1.29, 1.82) is 0 Å². The summed E-state index contributed by atoms with van der Waals surface area (Å²) in [7, 11) is 2.07. The summed E-state index contributed by atoms with van der Waals surface area (Å²) in [5.74, 6) is 4.97. The zero-order valence-electron chi connectivity index (χ0n) is 12.2. The topological polar surface area (TPSA) is 43.8 Å². The van der Waals surface area contributed by atoms with Gasteiger partial charge in [0.25, 0.3) is 0 Å². The second-order valence-electron chi connectivity index (χ2n) is 7.37. The standard InChI is InChI=1S/C16H25N3/c1-3-13-18-14(15(17)19(13)2)16-7-10-4-11(8-16)6-12(5-10)9-16/h10-12H,3-9,17H2,1-2H3. The van der Waals surface area contributed by atoms with Crippen LogP contribution in [0, 0.1) is 17.8 Å². The molecule has 1 aromatic heterocycles. The first-order valence-corrected chi connectivity index (χ1v) is 7.93. The first-order valence-electron chi connectivity index (χ1n) is 7.93. The molecule has 0 unspecified atom stereocenters. The number of imidazole rings is 1. The molecule has 1 heterocycles. The number of nitrogens with two attached hydrogens (primary N) is 1. The average Bonchev–Trinajstić information content (AvgIpc) is 2.65. The van der Waals surface area contributed by atoms with Gasteiger partial charge in [0.15, 0.2) is 0 Å². The second-order valence-corrected chi connectivity index (χ2v) is 7.37. The third kappa shape index (κ3) is 1.53. The Labute approximate surface area is 115 Å². The quantitative estimate of drug-likeness (QED) is 0.887. The maximum atomic E-state index is 6.40. The van der Waals surface area contributed by atoms with Crippen LogP contribution in [-0.2, 0) is 18.9 Å². The summed E-state index contributed by atoms with van der Waals surface area (Å²) in [6, 6.07) is 0. The molecular weight excluding hydrogens is 234 g/mol. The first-order chi connectivity index (χ1) is 9.11. The summed E-state index contributed by atoms with van der Waals surface area (Å²) in [5.41, 5.74) is 7.99. The summed E-state index contributed by atoms with van der Waals surface area (Å²) in [4.78, 5) is 4.96. The van der Waals surface area contributed by atoms with Crippen LogP contribution in [-0.4, -0.2) is 9.55 Å². The highest BCUT2D eigenvalue weighted by molar-refractivity contribution is 5.44. The maximum absolute atomic E-state index is 6.40. The fourth-order valence-electron chi connectivity index (χ4n) is 5.67. The Morgan fingerprint density at radius 3 is 2.11 bits per heavy atom. The molecule has 4 fully saturated rings. The number of anilines is 1. The lowest BCUT2D eigenvalue weighted by atomic mass is 9.49. The van der Waals surface area contributed by atoms with E-state index in [0.717, 1.165) is 35.8 Å². The van der Waals surface area contributed by atoms with Gasteiger partial charge in [-0.15, -0.1) is 0 Å². The lowest BCUT2D eigenvalue weighted by Crippen LogP contribution is -2.49. The number of hydrogen-bond donors (Lipinski definition) is 1. The van der Waals surface area contributed by atoms with Gasteiger partial charge in [-0.1, -0.05) is 6.92 Å². The van der Waals surface area contributed by atoms with Crippen LogP contribution >= 0.6 is 0 Å². The van der Waals surface area contributed by atoms with E-state index in [9.17, 15) is 0 Å². The first kappa shape index (κ1) is 11.8. The molecule has 104 valence electrons. The zero-order valence-corrected chi connectivity index (χ0v) is 12.2. The largest absolute Gasteiger partial charge is 0.384 e. The molecule has 19 heavy (non-hydrogen) atoms. The molecule has 0 spiro atoms. The normalized spacial score (nSPS) is 40.0. The van der Waals surface area contributed by atoms with Crippen LogP contribution in [0.3, 0.4) is 0 Å². The molecule has 0 saturated heterocycles. The van der Waals surface area contributed by atoms with Gasteiger partial charge in [-0.25, -0.2) is 4.98 Å². The van der Waals surface area contributed by atoms with E-state index in [0.29, 0.717) is 5.41 Å². The molecule has 4 aliphatic carbocycles. The van der Waals surface area contributed by atoms with Crippen LogP contribution in [0.5, 0.6) is 0 Å². The molecule has 4 saturated carbocycles. The number of aromatic nitrogens is 2. The summed E-state index contributed by atoms with van der Waals surface area (Å²) >= 11 is 0. The molecule has 2 N–H and O–H groups in total. The van der Waals surface area contributed by atoms with Crippen LogP contribution in [0.15, 0.2) is 0 Å². The van der Waals surface area contributed by atoms with Crippen molar-refractivity contribution in [2.24, 2.45) is 24.8 Å². The number of hydrogen-bond acceptors (Lipinski definition) is 2. The number of nitrogen functional groups attached to an aromatic ring is 1. The Morgan fingerprint density at radius 2 is 1.68 bits per heavy atom. The van der Waals surface area contributed by atoms with Crippen LogP contribution < -0.4 is 5.73 Å². The number of nitrogens with zero attached hydrogens (tertiary/aromatic N) is 2. The van der Waals surface area contributed by atoms with Gasteiger partial charge in [-0.3, -0.25) is 0 Å². The highest BCUT2D eigenvalue weighted by Crippen LogP contribution is 2.61. The highest BCUT2D eigenvalue weighted by Gasteiger charge is 2.53. The van der Waals surface area contributed by atoms with Crippen molar-refractivity contribution in [3.8, 4) is 0 Å². The molecule has 0 aliphatic heterocycles. The van der Waals surface area contributed by atoms with E-state index in [2.05, 4.69) is 18.5 Å². The van der Waals surface area contributed by atoms with Crippen LogP contribution in [0.25, 0.3) is 0 Å². The molecular formula is C16H25N3. The van der Waals surface area contributed by atoms with E-state index in [1.807, 2.05) is 0 Å². The van der Waals surface area contributed by atoms with Crippen molar-refractivity contribution < 1.29 is 0 Å². The minimum Gasteiger partial charge on any atom is -0.384 e. The van der Waals surface area contributed by atoms with Crippen molar-refractivity contribution >= 4 is 5.82 Å². The smallest absolute Gasteiger partial charge is 0.127 e. The molecule has 0 radical (unpaired) electrons. The summed E-state index contributed by atoms with van der Waals surface area (Å²) in [6.07, 6.45) is 9.47. The van der Waals surface area contributed by atoms with E-state index >= 15 is 0 Å². The van der Waals surface area contributed by atoms with E-state index in [1.165, 1.54) is 44.2 Å². The Morgan fingerprint density at radius 1 is 1.16 bits per heavy atom. The molecule has 1 aromatic rings. The summed E-state index contributed by atoms with van der Waals surface area (Å²) < 4.78 is 2.12. The predicted octanol–water partition coefficient (Wildman–Crippen LogP) is 3.03. The molecule has 3 nitrogen and oxygen atoms in total. The SMILES string of the molecule is CCc1nc(C23CC4CC(CC(C4)C2)C3)c(N)n1C.